The largest absolute Gasteiger partial charge is 0.370 e. The number of rotatable bonds is 2. The number of nitriles is 1. The topological polar surface area (TPSA) is 51.1 Å². The van der Waals surface area contributed by atoms with Gasteiger partial charge >= 0.3 is 0 Å². The number of benzene rings is 2. The van der Waals surface area contributed by atoms with Gasteiger partial charge in [-0.25, -0.2) is 4.39 Å². The average Bonchev–Trinajstić information content (AvgIpc) is 2.91. The van der Waals surface area contributed by atoms with Crippen LogP contribution in [0.4, 0.5) is 21.5 Å². The fourth-order valence-corrected chi connectivity index (χ4v) is 4.17. The molecule has 5 heteroatoms. The second-order valence-electron chi connectivity index (χ2n) is 6.94. The van der Waals surface area contributed by atoms with E-state index in [0.717, 1.165) is 42.1 Å². The summed E-state index contributed by atoms with van der Waals surface area (Å²) in [6.07, 6.45) is 1.08. The van der Waals surface area contributed by atoms with Crippen LogP contribution in [0.15, 0.2) is 30.3 Å². The molecule has 0 amide bonds. The van der Waals surface area contributed by atoms with Gasteiger partial charge in [-0.3, -0.25) is 0 Å². The summed E-state index contributed by atoms with van der Waals surface area (Å²) in [4.78, 5) is 2.26. The van der Waals surface area contributed by atoms with E-state index in [9.17, 15) is 9.65 Å². The zero-order valence-electron chi connectivity index (χ0n) is 14.4. The van der Waals surface area contributed by atoms with Crippen molar-refractivity contribution in [3.05, 3.63) is 52.8 Å². The van der Waals surface area contributed by atoms with E-state index < -0.39 is 0 Å². The second kappa shape index (κ2) is 6.05. The lowest BCUT2D eigenvalue weighted by Gasteiger charge is -2.31. The summed E-state index contributed by atoms with van der Waals surface area (Å²) >= 11 is 0. The van der Waals surface area contributed by atoms with Crippen LogP contribution < -0.4 is 15.5 Å². The molecule has 0 unspecified atom stereocenters. The van der Waals surface area contributed by atoms with Crippen LogP contribution in [0.5, 0.6) is 0 Å². The average molecular weight is 336 g/mol. The van der Waals surface area contributed by atoms with Crippen LogP contribution in [0.25, 0.3) is 0 Å². The maximum atomic E-state index is 13.6. The molecule has 1 saturated heterocycles. The van der Waals surface area contributed by atoms with E-state index in [4.69, 9.17) is 0 Å². The summed E-state index contributed by atoms with van der Waals surface area (Å²) in [5.74, 6) is 0.113. The molecular formula is C20H21FN4. The normalized spacial score (nSPS) is 21.4. The Kier molecular flexibility index (Phi) is 3.85. The third-order valence-corrected chi connectivity index (χ3v) is 5.43. The Bertz CT molecular complexity index is 871. The van der Waals surface area contributed by atoms with Crippen molar-refractivity contribution in [3.8, 4) is 6.07 Å². The quantitative estimate of drug-likeness (QED) is 0.879. The monoisotopic (exact) mass is 336 g/mol. The molecule has 0 aliphatic carbocycles. The molecule has 2 atom stereocenters. The molecule has 2 heterocycles. The molecule has 0 bridgehead atoms. The summed E-state index contributed by atoms with van der Waals surface area (Å²) in [5.41, 5.74) is 5.45. The molecule has 1 fully saturated rings. The highest BCUT2D eigenvalue weighted by atomic mass is 19.1. The summed E-state index contributed by atoms with van der Waals surface area (Å²) < 4.78 is 13.6. The first-order valence-corrected chi connectivity index (χ1v) is 8.63. The number of nitrogens with zero attached hydrogens (tertiary/aromatic N) is 2. The first-order chi connectivity index (χ1) is 12.1. The molecule has 0 radical (unpaired) electrons. The van der Waals surface area contributed by atoms with Crippen LogP contribution in [0.3, 0.4) is 0 Å². The van der Waals surface area contributed by atoms with Crippen molar-refractivity contribution in [2.45, 2.75) is 25.3 Å². The molecule has 2 aliphatic heterocycles. The molecule has 0 aromatic heterocycles. The summed E-state index contributed by atoms with van der Waals surface area (Å²) in [6, 6.07) is 11.5. The van der Waals surface area contributed by atoms with E-state index in [-0.39, 0.29) is 5.82 Å². The van der Waals surface area contributed by atoms with Crippen molar-refractivity contribution in [1.29, 1.82) is 5.26 Å². The van der Waals surface area contributed by atoms with Gasteiger partial charge < -0.3 is 15.5 Å². The first-order valence-electron chi connectivity index (χ1n) is 8.63. The van der Waals surface area contributed by atoms with E-state index in [1.165, 1.54) is 17.7 Å². The van der Waals surface area contributed by atoms with Gasteiger partial charge in [0, 0.05) is 36.9 Å². The maximum absolute atomic E-state index is 13.6. The minimum atomic E-state index is -0.272. The zero-order valence-corrected chi connectivity index (χ0v) is 14.4. The van der Waals surface area contributed by atoms with Crippen molar-refractivity contribution >= 4 is 17.1 Å². The summed E-state index contributed by atoms with van der Waals surface area (Å²) in [5, 5.41) is 16.4. The van der Waals surface area contributed by atoms with Crippen LogP contribution in [0.1, 0.15) is 29.0 Å². The summed E-state index contributed by atoms with van der Waals surface area (Å²) in [6.45, 7) is 3.87. The van der Waals surface area contributed by atoms with E-state index in [1.807, 2.05) is 13.0 Å². The molecule has 4 rings (SSSR count). The Morgan fingerprint density at radius 2 is 2.16 bits per heavy atom. The zero-order chi connectivity index (χ0) is 17.6. The molecule has 0 saturated carbocycles. The predicted octanol–water partition coefficient (Wildman–Crippen LogP) is 3.64. The van der Waals surface area contributed by atoms with Crippen LogP contribution in [0.2, 0.25) is 0 Å². The SMILES string of the molecule is Cc1ccc(F)cc1Nc1cc(C#N)c2c(c1)[C@@H]1CNCC[C@@H]1N2C. The molecule has 2 aromatic rings. The van der Waals surface area contributed by atoms with Crippen LogP contribution in [-0.4, -0.2) is 26.2 Å². The van der Waals surface area contributed by atoms with Gasteiger partial charge in [-0.15, -0.1) is 0 Å². The number of aryl methyl sites for hydroxylation is 1. The van der Waals surface area contributed by atoms with Gasteiger partial charge in [-0.05, 0) is 55.3 Å². The van der Waals surface area contributed by atoms with Crippen molar-refractivity contribution in [2.24, 2.45) is 0 Å². The highest BCUT2D eigenvalue weighted by molar-refractivity contribution is 5.77. The predicted molar refractivity (Wildman–Crippen MR) is 98.0 cm³/mol. The van der Waals surface area contributed by atoms with Gasteiger partial charge in [-0.1, -0.05) is 6.07 Å². The Hall–Kier alpha value is -2.58. The minimum Gasteiger partial charge on any atom is -0.370 e. The molecular weight excluding hydrogens is 315 g/mol. The van der Waals surface area contributed by atoms with Crippen molar-refractivity contribution in [1.82, 2.24) is 5.32 Å². The van der Waals surface area contributed by atoms with Gasteiger partial charge in [0.15, 0.2) is 0 Å². The summed E-state index contributed by atoms with van der Waals surface area (Å²) in [7, 11) is 2.08. The van der Waals surface area contributed by atoms with Gasteiger partial charge in [0.25, 0.3) is 0 Å². The molecule has 128 valence electrons. The van der Waals surface area contributed by atoms with Crippen molar-refractivity contribution < 1.29 is 4.39 Å². The molecule has 25 heavy (non-hydrogen) atoms. The lowest BCUT2D eigenvalue weighted by molar-refractivity contribution is 0.413. The van der Waals surface area contributed by atoms with Crippen LogP contribution in [-0.2, 0) is 0 Å². The third kappa shape index (κ3) is 2.63. The smallest absolute Gasteiger partial charge is 0.125 e. The number of piperidine rings is 1. The highest BCUT2D eigenvalue weighted by Gasteiger charge is 2.39. The van der Waals surface area contributed by atoms with Gasteiger partial charge in [0.2, 0.25) is 0 Å². The number of likely N-dealkylation sites (N-methyl/N-ethyl adjacent to an activating group) is 1. The number of anilines is 3. The maximum Gasteiger partial charge on any atom is 0.125 e. The van der Waals surface area contributed by atoms with E-state index >= 15 is 0 Å². The van der Waals surface area contributed by atoms with Gasteiger partial charge in [-0.2, -0.15) is 5.26 Å². The Morgan fingerprint density at radius 1 is 1.32 bits per heavy atom. The Balaban J connectivity index is 1.77. The standard InChI is InChI=1S/C20H21FN4/c1-12-3-4-14(21)8-18(12)24-15-7-13(10-22)20-16(9-15)17-11-23-6-5-19(17)25(20)2/h3-4,7-9,17,19,23-24H,5-6,11H2,1-2H3/t17-,19-/m0/s1. The van der Waals surface area contributed by atoms with Crippen molar-refractivity contribution in [3.63, 3.8) is 0 Å². The number of nitrogens with one attached hydrogen (secondary N) is 2. The number of hydrogen-bond donors (Lipinski definition) is 2. The molecule has 2 N–H and O–H groups in total. The number of fused-ring (bicyclic) bond motifs is 3. The third-order valence-electron chi connectivity index (χ3n) is 5.43. The molecule has 2 aliphatic rings. The molecule has 0 spiro atoms. The Labute approximate surface area is 147 Å². The Morgan fingerprint density at radius 3 is 2.96 bits per heavy atom. The first kappa shape index (κ1) is 15.9. The second-order valence-corrected chi connectivity index (χ2v) is 6.94. The molecule has 2 aromatic carbocycles. The number of halogens is 1. The lowest BCUT2D eigenvalue weighted by atomic mass is 9.89. The highest BCUT2D eigenvalue weighted by Crippen LogP contribution is 2.45. The van der Waals surface area contributed by atoms with Gasteiger partial charge in [0.05, 0.1) is 11.3 Å². The van der Waals surface area contributed by atoms with Crippen LogP contribution in [0, 0.1) is 24.1 Å². The molecule has 4 nitrogen and oxygen atoms in total. The van der Waals surface area contributed by atoms with E-state index in [0.29, 0.717) is 17.5 Å². The van der Waals surface area contributed by atoms with E-state index in [1.54, 1.807) is 6.07 Å². The van der Waals surface area contributed by atoms with Gasteiger partial charge in [0.1, 0.15) is 11.9 Å². The van der Waals surface area contributed by atoms with Crippen LogP contribution >= 0.6 is 0 Å². The lowest BCUT2D eigenvalue weighted by Crippen LogP contribution is -2.42. The van der Waals surface area contributed by atoms with E-state index in [2.05, 4.69) is 34.7 Å². The fraction of sp³-hybridized carbons (Fsp3) is 0.350. The fourth-order valence-electron chi connectivity index (χ4n) is 4.17. The minimum absolute atomic E-state index is 0.272. The van der Waals surface area contributed by atoms with Crippen molar-refractivity contribution in [2.75, 3.05) is 30.4 Å². The number of hydrogen-bond acceptors (Lipinski definition) is 4.